The Morgan fingerprint density at radius 1 is 0.469 bits per heavy atom. The lowest BCUT2D eigenvalue weighted by atomic mass is 9.94. The highest BCUT2D eigenvalue weighted by molar-refractivity contribution is 7.23. The molecule has 0 saturated heterocycles. The number of thiophene rings is 2. The Morgan fingerprint density at radius 2 is 0.844 bits per heavy atom. The lowest BCUT2D eigenvalue weighted by Crippen LogP contribution is -2.03. The monoisotopic (exact) mass is 446 g/mol. The molecule has 0 fully saturated rings. The van der Waals surface area contributed by atoms with Gasteiger partial charge < -0.3 is 0 Å². The Bertz CT molecular complexity index is 1450. The van der Waals surface area contributed by atoms with Gasteiger partial charge in [0.05, 0.1) is 0 Å². The number of hydrogen-bond donors (Lipinski definition) is 0. The summed E-state index contributed by atoms with van der Waals surface area (Å²) in [5, 5.41) is 2.05. The molecule has 0 spiro atoms. The van der Waals surface area contributed by atoms with Crippen LogP contribution in [0, 0.1) is 0 Å². The van der Waals surface area contributed by atoms with Crippen LogP contribution in [0.4, 0.5) is 0 Å². The van der Waals surface area contributed by atoms with Crippen LogP contribution in [0.25, 0.3) is 41.1 Å². The Kier molecular flexibility index (Phi) is 4.71. The number of carbonyl (C=O) groups excluding carboxylic acids is 1. The van der Waals surface area contributed by atoms with Crippen LogP contribution in [0.15, 0.2) is 109 Å². The molecule has 152 valence electrons. The van der Waals surface area contributed by atoms with Crippen LogP contribution in [0.3, 0.4) is 0 Å². The van der Waals surface area contributed by atoms with Crippen molar-refractivity contribution in [1.29, 1.82) is 0 Å². The molecule has 1 nitrogen and oxygen atoms in total. The van der Waals surface area contributed by atoms with Gasteiger partial charge in [0.25, 0.3) is 0 Å². The average Bonchev–Trinajstić information content (AvgIpc) is 3.44. The highest BCUT2D eigenvalue weighted by Crippen LogP contribution is 2.44. The van der Waals surface area contributed by atoms with Gasteiger partial charge in [0.1, 0.15) is 0 Å². The molecule has 0 bridgehead atoms. The van der Waals surface area contributed by atoms with Crippen molar-refractivity contribution in [1.82, 2.24) is 0 Å². The van der Waals surface area contributed by atoms with Crippen molar-refractivity contribution in [3.8, 4) is 20.9 Å². The van der Waals surface area contributed by atoms with Crippen LogP contribution in [-0.4, -0.2) is 5.78 Å². The van der Waals surface area contributed by atoms with E-state index in [0.717, 1.165) is 52.2 Å². The summed E-state index contributed by atoms with van der Waals surface area (Å²) in [5.41, 5.74) is 3.77. The maximum Gasteiger partial charge on any atom is 0.197 e. The molecule has 0 radical (unpaired) electrons. The SMILES string of the molecule is O=C(c1c(-c2ccccc2)sc2ccccc12)c1c(-c2ccccc2)sc2ccccc12. The van der Waals surface area contributed by atoms with Gasteiger partial charge in [-0.1, -0.05) is 97.1 Å². The molecule has 0 N–H and O–H groups in total. The largest absolute Gasteiger partial charge is 0.288 e. The molecule has 0 unspecified atom stereocenters. The normalized spacial score (nSPS) is 11.2. The van der Waals surface area contributed by atoms with Gasteiger partial charge in [0.2, 0.25) is 0 Å². The van der Waals surface area contributed by atoms with Crippen molar-refractivity contribution in [3.63, 3.8) is 0 Å². The minimum Gasteiger partial charge on any atom is -0.288 e. The van der Waals surface area contributed by atoms with Crippen molar-refractivity contribution < 1.29 is 4.79 Å². The van der Waals surface area contributed by atoms with Gasteiger partial charge in [-0.05, 0) is 23.3 Å². The summed E-state index contributed by atoms with van der Waals surface area (Å²) < 4.78 is 2.27. The zero-order valence-corrected chi connectivity index (χ0v) is 18.8. The van der Waals surface area contributed by atoms with Crippen LogP contribution in [0.2, 0.25) is 0 Å². The van der Waals surface area contributed by atoms with E-state index in [9.17, 15) is 4.79 Å². The maximum atomic E-state index is 14.4. The van der Waals surface area contributed by atoms with Crippen molar-refractivity contribution in [2.24, 2.45) is 0 Å². The minimum absolute atomic E-state index is 0.0950. The molecule has 3 heteroatoms. The fourth-order valence-electron chi connectivity index (χ4n) is 4.25. The van der Waals surface area contributed by atoms with Crippen LogP contribution in [0.5, 0.6) is 0 Å². The molecule has 0 aliphatic heterocycles. The molecule has 6 rings (SSSR count). The smallest absolute Gasteiger partial charge is 0.197 e. The van der Waals surface area contributed by atoms with E-state index >= 15 is 0 Å². The van der Waals surface area contributed by atoms with Crippen LogP contribution >= 0.6 is 22.7 Å². The highest BCUT2D eigenvalue weighted by Gasteiger charge is 2.26. The van der Waals surface area contributed by atoms with Crippen molar-refractivity contribution in [2.75, 3.05) is 0 Å². The van der Waals surface area contributed by atoms with Gasteiger partial charge in [-0.3, -0.25) is 4.79 Å². The van der Waals surface area contributed by atoms with Crippen molar-refractivity contribution >= 4 is 48.6 Å². The summed E-state index contributed by atoms with van der Waals surface area (Å²) in [6.07, 6.45) is 0. The molecule has 32 heavy (non-hydrogen) atoms. The zero-order chi connectivity index (χ0) is 21.5. The third-order valence-corrected chi connectivity index (χ3v) is 8.16. The summed E-state index contributed by atoms with van der Waals surface area (Å²) in [7, 11) is 0. The lowest BCUT2D eigenvalue weighted by Gasteiger charge is -2.08. The van der Waals surface area contributed by atoms with E-state index in [2.05, 4.69) is 48.5 Å². The standard InChI is InChI=1S/C29H18OS2/c30-27(25-21-15-7-9-17-23(21)31-28(25)19-11-3-1-4-12-19)26-22-16-8-10-18-24(22)32-29(26)20-13-5-2-6-14-20/h1-18H. The number of rotatable bonds is 4. The van der Waals surface area contributed by atoms with Gasteiger partial charge in [0.15, 0.2) is 5.78 Å². The van der Waals surface area contributed by atoms with E-state index in [4.69, 9.17) is 0 Å². The summed E-state index contributed by atoms with van der Waals surface area (Å²) >= 11 is 3.38. The minimum atomic E-state index is 0.0950. The summed E-state index contributed by atoms with van der Waals surface area (Å²) in [6.45, 7) is 0. The molecule has 4 aromatic carbocycles. The fourth-order valence-corrected chi connectivity index (χ4v) is 6.66. The number of fused-ring (bicyclic) bond motifs is 2. The third kappa shape index (κ3) is 3.10. The molecule has 0 atom stereocenters. The second-order valence-corrected chi connectivity index (χ2v) is 9.77. The quantitative estimate of drug-likeness (QED) is 0.248. The highest BCUT2D eigenvalue weighted by atomic mass is 32.1. The maximum absolute atomic E-state index is 14.4. The Hall–Kier alpha value is -3.53. The van der Waals surface area contributed by atoms with Crippen molar-refractivity contribution in [3.05, 3.63) is 120 Å². The van der Waals surface area contributed by atoms with E-state index in [-0.39, 0.29) is 5.78 Å². The van der Waals surface area contributed by atoms with Gasteiger partial charge in [-0.15, -0.1) is 22.7 Å². The molecule has 0 aliphatic carbocycles. The number of ketones is 1. The number of carbonyl (C=O) groups is 1. The summed E-state index contributed by atoms with van der Waals surface area (Å²) in [5.74, 6) is 0.0950. The number of hydrogen-bond acceptors (Lipinski definition) is 3. The van der Waals surface area contributed by atoms with Crippen molar-refractivity contribution in [2.45, 2.75) is 0 Å². The second-order valence-electron chi connectivity index (χ2n) is 7.67. The van der Waals surface area contributed by atoms with E-state index in [1.165, 1.54) is 0 Å². The van der Waals surface area contributed by atoms with E-state index in [1.807, 2.05) is 60.7 Å². The first-order valence-corrected chi connectivity index (χ1v) is 12.1. The van der Waals surface area contributed by atoms with Crippen LogP contribution in [-0.2, 0) is 0 Å². The predicted octanol–water partition coefficient (Wildman–Crippen LogP) is 8.68. The summed E-state index contributed by atoms with van der Waals surface area (Å²) in [4.78, 5) is 16.5. The first kappa shape index (κ1) is 19.2. The molecule has 6 aromatic rings. The lowest BCUT2D eigenvalue weighted by molar-refractivity contribution is 0.104. The molecular weight excluding hydrogens is 428 g/mol. The van der Waals surface area contributed by atoms with Gasteiger partial charge in [-0.2, -0.15) is 0 Å². The van der Waals surface area contributed by atoms with Gasteiger partial charge in [-0.25, -0.2) is 0 Å². The first-order chi connectivity index (χ1) is 15.8. The topological polar surface area (TPSA) is 17.1 Å². The number of benzene rings is 4. The van der Waals surface area contributed by atoms with E-state index in [1.54, 1.807) is 22.7 Å². The van der Waals surface area contributed by atoms with E-state index < -0.39 is 0 Å². The molecule has 0 aliphatic rings. The summed E-state index contributed by atoms with van der Waals surface area (Å²) in [6, 6.07) is 37.0. The van der Waals surface area contributed by atoms with Gasteiger partial charge in [0, 0.05) is 41.1 Å². The van der Waals surface area contributed by atoms with E-state index in [0.29, 0.717) is 0 Å². The predicted molar refractivity (Wildman–Crippen MR) is 138 cm³/mol. The Morgan fingerprint density at radius 3 is 1.28 bits per heavy atom. The van der Waals surface area contributed by atoms with Gasteiger partial charge >= 0.3 is 0 Å². The molecule has 2 heterocycles. The first-order valence-electron chi connectivity index (χ1n) is 10.5. The van der Waals surface area contributed by atoms with Crippen LogP contribution < -0.4 is 0 Å². The Labute approximate surface area is 194 Å². The third-order valence-electron chi connectivity index (χ3n) is 5.72. The Balaban J connectivity index is 1.66. The fraction of sp³-hybridized carbons (Fsp3) is 0. The molecule has 0 amide bonds. The van der Waals surface area contributed by atoms with Crippen LogP contribution in [0.1, 0.15) is 15.9 Å². The molecule has 0 saturated carbocycles. The molecule has 2 aromatic heterocycles. The second kappa shape index (κ2) is 7.86. The average molecular weight is 447 g/mol. The molecular formula is C29H18OS2. The zero-order valence-electron chi connectivity index (χ0n) is 17.1.